The van der Waals surface area contributed by atoms with Crippen molar-refractivity contribution in [1.29, 1.82) is 0 Å². The Kier molecular flexibility index (Phi) is 3.56. The Morgan fingerprint density at radius 3 is 2.65 bits per heavy atom. The number of hydrogen-bond acceptors (Lipinski definition) is 3. The third kappa shape index (κ3) is 2.93. The Morgan fingerprint density at radius 2 is 2.00 bits per heavy atom. The van der Waals surface area contributed by atoms with Gasteiger partial charge in [0.25, 0.3) is 5.91 Å². The van der Waals surface area contributed by atoms with Crippen molar-refractivity contribution in [3.63, 3.8) is 0 Å². The fraction of sp³-hybridized carbons (Fsp3) is 0. The molecule has 1 aromatic heterocycles. The number of rotatable bonds is 2. The molecule has 0 aliphatic heterocycles. The van der Waals surface area contributed by atoms with Gasteiger partial charge in [-0.1, -0.05) is 23.2 Å². The first-order chi connectivity index (χ1) is 8.16. The average molecular weight is 268 g/mol. The van der Waals surface area contributed by atoms with Crippen molar-refractivity contribution >= 4 is 34.8 Å². The van der Waals surface area contributed by atoms with E-state index in [4.69, 9.17) is 23.2 Å². The van der Waals surface area contributed by atoms with E-state index in [0.29, 0.717) is 15.7 Å². The molecule has 4 nitrogen and oxygen atoms in total. The quantitative estimate of drug-likeness (QED) is 0.910. The van der Waals surface area contributed by atoms with Gasteiger partial charge in [-0.15, -0.1) is 0 Å². The van der Waals surface area contributed by atoms with Crippen LogP contribution in [0.3, 0.4) is 0 Å². The number of benzene rings is 1. The van der Waals surface area contributed by atoms with E-state index in [1.807, 2.05) is 0 Å². The Morgan fingerprint density at radius 1 is 1.18 bits per heavy atom. The van der Waals surface area contributed by atoms with Gasteiger partial charge in [-0.2, -0.15) is 0 Å². The van der Waals surface area contributed by atoms with Crippen molar-refractivity contribution in [2.24, 2.45) is 0 Å². The highest BCUT2D eigenvalue weighted by molar-refractivity contribution is 6.42. The van der Waals surface area contributed by atoms with E-state index in [1.165, 1.54) is 18.6 Å². The number of nitrogens with one attached hydrogen (secondary N) is 1. The predicted molar refractivity (Wildman–Crippen MR) is 66.4 cm³/mol. The van der Waals surface area contributed by atoms with E-state index in [9.17, 15) is 4.79 Å². The molecule has 0 fully saturated rings. The minimum absolute atomic E-state index is 0.283. The van der Waals surface area contributed by atoms with Gasteiger partial charge in [-0.3, -0.25) is 4.79 Å². The van der Waals surface area contributed by atoms with Gasteiger partial charge in [0.2, 0.25) is 0 Å². The lowest BCUT2D eigenvalue weighted by atomic mass is 10.3. The van der Waals surface area contributed by atoms with E-state index in [2.05, 4.69) is 15.3 Å². The molecule has 1 heterocycles. The van der Waals surface area contributed by atoms with Crippen LogP contribution < -0.4 is 5.32 Å². The molecule has 0 spiro atoms. The molecule has 2 aromatic rings. The highest BCUT2D eigenvalue weighted by Crippen LogP contribution is 2.25. The summed E-state index contributed by atoms with van der Waals surface area (Å²) >= 11 is 11.6. The van der Waals surface area contributed by atoms with Gasteiger partial charge < -0.3 is 5.32 Å². The molecule has 0 unspecified atom stereocenters. The smallest absolute Gasteiger partial charge is 0.274 e. The second kappa shape index (κ2) is 5.12. The van der Waals surface area contributed by atoms with Crippen molar-refractivity contribution in [3.8, 4) is 0 Å². The van der Waals surface area contributed by atoms with Gasteiger partial charge in [0.05, 0.1) is 10.0 Å². The SMILES string of the molecule is O=C(Nc1ccc(Cl)c(Cl)c1)c1ccncn1. The molecular formula is C11H7Cl2N3O. The van der Waals surface area contributed by atoms with Gasteiger partial charge in [-0.25, -0.2) is 9.97 Å². The van der Waals surface area contributed by atoms with Crippen LogP contribution in [0.1, 0.15) is 10.5 Å². The highest BCUT2D eigenvalue weighted by atomic mass is 35.5. The van der Waals surface area contributed by atoms with Crippen LogP contribution in [0.15, 0.2) is 36.8 Å². The number of amides is 1. The third-order valence-electron chi connectivity index (χ3n) is 1.99. The van der Waals surface area contributed by atoms with Crippen LogP contribution >= 0.6 is 23.2 Å². The normalized spacial score (nSPS) is 10.0. The summed E-state index contributed by atoms with van der Waals surface area (Å²) in [5.74, 6) is -0.328. The second-order valence-corrected chi connectivity index (χ2v) is 3.99. The number of nitrogens with zero attached hydrogens (tertiary/aromatic N) is 2. The molecule has 0 saturated carbocycles. The summed E-state index contributed by atoms with van der Waals surface area (Å²) in [6.45, 7) is 0. The first kappa shape index (κ1) is 11.8. The summed E-state index contributed by atoms with van der Waals surface area (Å²) in [7, 11) is 0. The summed E-state index contributed by atoms with van der Waals surface area (Å²) in [6.07, 6.45) is 2.81. The number of anilines is 1. The van der Waals surface area contributed by atoms with E-state index in [0.717, 1.165) is 0 Å². The van der Waals surface area contributed by atoms with E-state index >= 15 is 0 Å². The largest absolute Gasteiger partial charge is 0.321 e. The molecule has 86 valence electrons. The molecule has 1 aromatic carbocycles. The number of hydrogen-bond donors (Lipinski definition) is 1. The summed E-state index contributed by atoms with van der Waals surface area (Å²) in [5.41, 5.74) is 0.842. The van der Waals surface area contributed by atoms with Crippen LogP contribution in [0, 0.1) is 0 Å². The molecule has 0 radical (unpaired) electrons. The molecule has 2 rings (SSSR count). The minimum Gasteiger partial charge on any atom is -0.321 e. The van der Waals surface area contributed by atoms with Gasteiger partial charge >= 0.3 is 0 Å². The third-order valence-corrected chi connectivity index (χ3v) is 2.73. The van der Waals surface area contributed by atoms with Gasteiger partial charge in [0, 0.05) is 11.9 Å². The number of carbonyl (C=O) groups excluding carboxylic acids is 1. The first-order valence-corrected chi connectivity index (χ1v) is 5.45. The average Bonchev–Trinajstić information content (AvgIpc) is 2.35. The van der Waals surface area contributed by atoms with Crippen LogP contribution in [0.2, 0.25) is 10.0 Å². The fourth-order valence-electron chi connectivity index (χ4n) is 1.19. The van der Waals surface area contributed by atoms with Crippen molar-refractivity contribution < 1.29 is 4.79 Å². The molecule has 1 N–H and O–H groups in total. The van der Waals surface area contributed by atoms with Crippen LogP contribution in [-0.2, 0) is 0 Å². The summed E-state index contributed by atoms with van der Waals surface area (Å²) < 4.78 is 0. The summed E-state index contributed by atoms with van der Waals surface area (Å²) in [4.78, 5) is 19.3. The van der Waals surface area contributed by atoms with Gasteiger partial charge in [0.15, 0.2) is 0 Å². The number of aromatic nitrogens is 2. The lowest BCUT2D eigenvalue weighted by Crippen LogP contribution is -2.13. The Hall–Kier alpha value is -1.65. The van der Waals surface area contributed by atoms with Crippen LogP contribution in [-0.4, -0.2) is 15.9 Å². The van der Waals surface area contributed by atoms with Crippen LogP contribution in [0.5, 0.6) is 0 Å². The molecular weight excluding hydrogens is 261 g/mol. The molecule has 1 amide bonds. The Bertz CT molecular complexity index is 546. The number of halogens is 2. The maximum absolute atomic E-state index is 11.7. The molecule has 0 aliphatic rings. The van der Waals surface area contributed by atoms with E-state index in [-0.39, 0.29) is 11.6 Å². The van der Waals surface area contributed by atoms with E-state index < -0.39 is 0 Å². The predicted octanol–water partition coefficient (Wildman–Crippen LogP) is 3.04. The van der Waals surface area contributed by atoms with Gasteiger partial charge in [0.1, 0.15) is 12.0 Å². The second-order valence-electron chi connectivity index (χ2n) is 3.18. The molecule has 6 heteroatoms. The zero-order valence-corrected chi connectivity index (χ0v) is 10.0. The minimum atomic E-state index is -0.328. The molecule has 0 bridgehead atoms. The lowest BCUT2D eigenvalue weighted by Gasteiger charge is -2.05. The van der Waals surface area contributed by atoms with E-state index in [1.54, 1.807) is 18.2 Å². The molecule has 17 heavy (non-hydrogen) atoms. The fourth-order valence-corrected chi connectivity index (χ4v) is 1.49. The monoisotopic (exact) mass is 267 g/mol. The zero-order chi connectivity index (χ0) is 12.3. The lowest BCUT2D eigenvalue weighted by molar-refractivity contribution is 0.102. The maximum atomic E-state index is 11.7. The topological polar surface area (TPSA) is 54.9 Å². The summed E-state index contributed by atoms with van der Waals surface area (Å²) in [6, 6.07) is 6.36. The summed E-state index contributed by atoms with van der Waals surface area (Å²) in [5, 5.41) is 3.47. The first-order valence-electron chi connectivity index (χ1n) is 4.69. The Balaban J connectivity index is 2.16. The van der Waals surface area contributed by atoms with Crippen LogP contribution in [0.4, 0.5) is 5.69 Å². The molecule has 0 saturated heterocycles. The van der Waals surface area contributed by atoms with Crippen molar-refractivity contribution in [1.82, 2.24) is 9.97 Å². The molecule has 0 atom stereocenters. The zero-order valence-electron chi connectivity index (χ0n) is 8.52. The molecule has 0 aliphatic carbocycles. The Labute approximate surface area is 108 Å². The number of carbonyl (C=O) groups is 1. The van der Waals surface area contributed by atoms with Crippen molar-refractivity contribution in [2.75, 3.05) is 5.32 Å². The van der Waals surface area contributed by atoms with Crippen LogP contribution in [0.25, 0.3) is 0 Å². The van der Waals surface area contributed by atoms with Crippen molar-refractivity contribution in [3.05, 3.63) is 52.5 Å². The van der Waals surface area contributed by atoms with Crippen molar-refractivity contribution in [2.45, 2.75) is 0 Å². The maximum Gasteiger partial charge on any atom is 0.274 e. The standard InChI is InChI=1S/C11H7Cl2N3O/c12-8-2-1-7(5-9(8)13)16-11(17)10-3-4-14-6-15-10/h1-6H,(H,16,17). The van der Waals surface area contributed by atoms with Gasteiger partial charge in [-0.05, 0) is 24.3 Å². The highest BCUT2D eigenvalue weighted by Gasteiger charge is 2.07.